The van der Waals surface area contributed by atoms with Gasteiger partial charge in [0.25, 0.3) is 0 Å². The second-order valence-electron chi connectivity index (χ2n) is 7.22. The molecule has 4 aromatic rings. The van der Waals surface area contributed by atoms with Crippen molar-refractivity contribution in [3.63, 3.8) is 0 Å². The van der Waals surface area contributed by atoms with Crippen molar-refractivity contribution < 1.29 is 13.5 Å². The normalized spacial score (nSPS) is 14.4. The number of nitrogens with one attached hydrogen (secondary N) is 1. The molecule has 2 aromatic carbocycles. The Morgan fingerprint density at radius 2 is 1.90 bits per heavy atom. The third-order valence-corrected chi connectivity index (χ3v) is 5.80. The topological polar surface area (TPSA) is 63.2 Å². The summed E-state index contributed by atoms with van der Waals surface area (Å²) in [5, 5.41) is 4.78. The monoisotopic (exact) mass is 441 g/mol. The summed E-state index contributed by atoms with van der Waals surface area (Å²) in [6.07, 6.45) is 1.55. The van der Waals surface area contributed by atoms with Crippen LogP contribution in [-0.2, 0) is 0 Å². The Morgan fingerprint density at radius 1 is 1.10 bits per heavy atom. The number of aromatic nitrogens is 3. The average Bonchev–Trinajstić information content (AvgIpc) is 2.81. The molecule has 158 valence electrons. The van der Waals surface area contributed by atoms with Gasteiger partial charge in [-0.25, -0.2) is 8.78 Å². The summed E-state index contributed by atoms with van der Waals surface area (Å²) in [6.45, 7) is 3.03. The van der Waals surface area contributed by atoms with Crippen LogP contribution in [0.3, 0.4) is 0 Å². The number of pyridine rings is 1. The molecule has 31 heavy (non-hydrogen) atoms. The van der Waals surface area contributed by atoms with Gasteiger partial charge in [-0.3, -0.25) is 4.98 Å². The van der Waals surface area contributed by atoms with Crippen LogP contribution in [0, 0.1) is 11.6 Å². The maximum atomic E-state index is 15.8. The number of methoxy groups -OCH3 is 1. The molecule has 1 N–H and O–H groups in total. The number of hydrogen-bond donors (Lipinski definition) is 1. The van der Waals surface area contributed by atoms with Crippen molar-refractivity contribution >= 4 is 39.1 Å². The predicted molar refractivity (Wildman–Crippen MR) is 117 cm³/mol. The number of fused-ring (bicyclic) bond motifs is 2. The van der Waals surface area contributed by atoms with Crippen LogP contribution in [0.4, 0.5) is 14.6 Å². The van der Waals surface area contributed by atoms with Crippen LogP contribution in [0.5, 0.6) is 6.01 Å². The Bertz CT molecular complexity index is 1310. The Hall–Kier alpha value is -3.10. The van der Waals surface area contributed by atoms with Gasteiger partial charge in [0.15, 0.2) is 5.82 Å². The molecule has 5 rings (SSSR count). The summed E-state index contributed by atoms with van der Waals surface area (Å²) in [6, 6.07) is 8.17. The van der Waals surface area contributed by atoms with Gasteiger partial charge < -0.3 is 15.0 Å². The Labute approximate surface area is 181 Å². The van der Waals surface area contributed by atoms with Gasteiger partial charge in [0.1, 0.15) is 22.8 Å². The van der Waals surface area contributed by atoms with Gasteiger partial charge in [-0.2, -0.15) is 9.97 Å². The van der Waals surface area contributed by atoms with E-state index < -0.39 is 11.6 Å². The van der Waals surface area contributed by atoms with Gasteiger partial charge in [-0.15, -0.1) is 0 Å². The van der Waals surface area contributed by atoms with E-state index in [1.165, 1.54) is 13.2 Å². The lowest BCUT2D eigenvalue weighted by Gasteiger charge is -2.29. The number of halogens is 3. The summed E-state index contributed by atoms with van der Waals surface area (Å²) in [5.41, 5.74) is 0.523. The molecule has 6 nitrogen and oxygen atoms in total. The first-order valence-electron chi connectivity index (χ1n) is 9.81. The lowest BCUT2D eigenvalue weighted by Crippen LogP contribution is -2.44. The molecule has 0 spiro atoms. The molecule has 0 atom stereocenters. The van der Waals surface area contributed by atoms with Crippen LogP contribution >= 0.6 is 11.6 Å². The van der Waals surface area contributed by atoms with E-state index in [0.717, 1.165) is 26.2 Å². The first-order chi connectivity index (χ1) is 15.1. The van der Waals surface area contributed by atoms with Gasteiger partial charge in [0, 0.05) is 43.3 Å². The van der Waals surface area contributed by atoms with E-state index in [9.17, 15) is 4.39 Å². The highest BCUT2D eigenvalue weighted by Crippen LogP contribution is 2.38. The van der Waals surface area contributed by atoms with Crippen molar-refractivity contribution in [1.29, 1.82) is 0 Å². The van der Waals surface area contributed by atoms with Crippen LogP contribution in [0.2, 0.25) is 5.02 Å². The molecule has 0 radical (unpaired) electrons. The lowest BCUT2D eigenvalue weighted by molar-refractivity contribution is 0.381. The molecule has 0 saturated carbocycles. The first-order valence-corrected chi connectivity index (χ1v) is 10.2. The van der Waals surface area contributed by atoms with Crippen molar-refractivity contribution in [2.24, 2.45) is 0 Å². The molecule has 0 aliphatic carbocycles. The standard InChI is InChI=1S/C22H18ClF2N5O/c1-31-22-28-20-14(21(29-22)30-9-7-26-8-10-30)11-27-19(18(20)25)13-4-2-3-12-5-6-15(24)17(23)16(12)13/h2-6,11,26H,7-10H2,1H3. The van der Waals surface area contributed by atoms with Crippen LogP contribution in [0.1, 0.15) is 0 Å². The number of piperazine rings is 1. The quantitative estimate of drug-likeness (QED) is 0.514. The van der Waals surface area contributed by atoms with Crippen molar-refractivity contribution in [2.45, 2.75) is 0 Å². The van der Waals surface area contributed by atoms with Gasteiger partial charge in [-0.1, -0.05) is 35.9 Å². The number of benzene rings is 2. The minimum absolute atomic E-state index is 0.0395. The second kappa shape index (κ2) is 7.86. The maximum absolute atomic E-state index is 15.8. The van der Waals surface area contributed by atoms with Gasteiger partial charge in [0.2, 0.25) is 0 Å². The largest absolute Gasteiger partial charge is 0.467 e. The molecule has 9 heteroatoms. The minimum Gasteiger partial charge on any atom is -0.467 e. The summed E-state index contributed by atoms with van der Waals surface area (Å²) >= 11 is 6.24. The molecule has 0 amide bonds. The fourth-order valence-corrected chi connectivity index (χ4v) is 4.20. The van der Waals surface area contributed by atoms with E-state index in [1.807, 2.05) is 4.90 Å². The van der Waals surface area contributed by atoms with Crippen LogP contribution in [0.15, 0.2) is 36.5 Å². The molecule has 0 unspecified atom stereocenters. The van der Waals surface area contributed by atoms with Crippen LogP contribution in [0.25, 0.3) is 32.9 Å². The van der Waals surface area contributed by atoms with Crippen molar-refractivity contribution in [2.75, 3.05) is 38.2 Å². The highest BCUT2D eigenvalue weighted by molar-refractivity contribution is 6.36. The first kappa shape index (κ1) is 19.8. The number of ether oxygens (including phenoxy) is 1. The van der Waals surface area contributed by atoms with Gasteiger partial charge in [0.05, 0.1) is 17.5 Å². The Kier molecular flexibility index (Phi) is 5.03. The molecule has 1 saturated heterocycles. The molecule has 1 fully saturated rings. The van der Waals surface area contributed by atoms with E-state index in [4.69, 9.17) is 16.3 Å². The molecule has 0 bridgehead atoms. The van der Waals surface area contributed by atoms with E-state index in [1.54, 1.807) is 30.5 Å². The Balaban J connectivity index is 1.77. The fourth-order valence-electron chi connectivity index (χ4n) is 3.93. The van der Waals surface area contributed by atoms with E-state index in [-0.39, 0.29) is 22.2 Å². The Morgan fingerprint density at radius 3 is 2.68 bits per heavy atom. The third-order valence-electron chi connectivity index (χ3n) is 5.43. The zero-order valence-corrected chi connectivity index (χ0v) is 17.4. The zero-order valence-electron chi connectivity index (χ0n) is 16.6. The maximum Gasteiger partial charge on any atom is 0.318 e. The SMILES string of the molecule is COc1nc(N2CCNCC2)c2cnc(-c3cccc4ccc(F)c(Cl)c34)c(F)c2n1. The van der Waals surface area contributed by atoms with Crippen molar-refractivity contribution in [3.05, 3.63) is 53.2 Å². The summed E-state index contributed by atoms with van der Waals surface area (Å²) in [4.78, 5) is 15.1. The molecular formula is C22H18ClF2N5O. The van der Waals surface area contributed by atoms with Crippen molar-refractivity contribution in [3.8, 4) is 17.3 Å². The summed E-state index contributed by atoms with van der Waals surface area (Å²) in [5.74, 6) is -0.640. The van der Waals surface area contributed by atoms with Gasteiger partial charge >= 0.3 is 6.01 Å². The number of hydrogen-bond acceptors (Lipinski definition) is 6. The smallest absolute Gasteiger partial charge is 0.318 e. The second-order valence-corrected chi connectivity index (χ2v) is 7.60. The van der Waals surface area contributed by atoms with Gasteiger partial charge in [-0.05, 0) is 11.5 Å². The average molecular weight is 442 g/mol. The molecule has 1 aliphatic heterocycles. The summed E-state index contributed by atoms with van der Waals surface area (Å²) in [7, 11) is 1.44. The van der Waals surface area contributed by atoms with Crippen molar-refractivity contribution in [1.82, 2.24) is 20.3 Å². The zero-order chi connectivity index (χ0) is 21.5. The molecule has 3 heterocycles. The molecule has 2 aromatic heterocycles. The highest BCUT2D eigenvalue weighted by Gasteiger charge is 2.23. The van der Waals surface area contributed by atoms with E-state index in [2.05, 4.69) is 20.3 Å². The lowest BCUT2D eigenvalue weighted by atomic mass is 10.0. The number of nitrogens with zero attached hydrogens (tertiary/aromatic N) is 4. The molecular weight excluding hydrogens is 424 g/mol. The number of rotatable bonds is 3. The highest BCUT2D eigenvalue weighted by atomic mass is 35.5. The third kappa shape index (κ3) is 3.32. The fraction of sp³-hybridized carbons (Fsp3) is 0.227. The van der Waals surface area contributed by atoms with Crippen LogP contribution < -0.4 is 15.0 Å². The van der Waals surface area contributed by atoms with E-state index in [0.29, 0.717) is 27.5 Å². The number of anilines is 1. The summed E-state index contributed by atoms with van der Waals surface area (Å²) < 4.78 is 35.2. The molecule has 1 aliphatic rings. The van der Waals surface area contributed by atoms with Crippen LogP contribution in [-0.4, -0.2) is 48.2 Å². The minimum atomic E-state index is -0.637. The van der Waals surface area contributed by atoms with E-state index >= 15 is 4.39 Å². The predicted octanol–water partition coefficient (Wildman–Crippen LogP) is 4.19.